The molecule has 0 saturated carbocycles. The van der Waals surface area contributed by atoms with Gasteiger partial charge < -0.3 is 9.88 Å². The minimum absolute atomic E-state index is 0.119. The molecule has 0 fully saturated rings. The Bertz CT molecular complexity index is 1230. The zero-order valence-electron chi connectivity index (χ0n) is 17.9. The summed E-state index contributed by atoms with van der Waals surface area (Å²) in [6.45, 7) is 3.07. The number of anilines is 1. The zero-order valence-corrected chi connectivity index (χ0v) is 18.7. The van der Waals surface area contributed by atoms with Crippen molar-refractivity contribution < 1.29 is 9.18 Å². The molecule has 4 nitrogen and oxygen atoms in total. The predicted molar refractivity (Wildman–Crippen MR) is 128 cm³/mol. The van der Waals surface area contributed by atoms with Crippen molar-refractivity contribution >= 4 is 34.2 Å². The van der Waals surface area contributed by atoms with Crippen LogP contribution in [0.5, 0.6) is 0 Å². The van der Waals surface area contributed by atoms with Crippen LogP contribution in [0.3, 0.4) is 0 Å². The molecule has 0 aliphatic heterocycles. The van der Waals surface area contributed by atoms with Crippen LogP contribution < -0.4 is 5.32 Å². The van der Waals surface area contributed by atoms with E-state index in [-0.39, 0.29) is 22.9 Å². The van der Waals surface area contributed by atoms with Crippen LogP contribution in [0.2, 0.25) is 5.02 Å². The average molecular weight is 450 g/mol. The molecule has 32 heavy (non-hydrogen) atoms. The fraction of sp³-hybridized carbons (Fsp3) is 0.231. The highest BCUT2D eigenvalue weighted by Gasteiger charge is 2.15. The monoisotopic (exact) mass is 449 g/mol. The van der Waals surface area contributed by atoms with Crippen LogP contribution in [0.25, 0.3) is 11.0 Å². The summed E-state index contributed by atoms with van der Waals surface area (Å²) in [6, 6.07) is 20.3. The normalized spacial score (nSPS) is 11.1. The minimum atomic E-state index is -0.476. The van der Waals surface area contributed by atoms with Gasteiger partial charge in [0.15, 0.2) is 0 Å². The quantitative estimate of drug-likeness (QED) is 0.348. The Morgan fingerprint density at radius 2 is 1.81 bits per heavy atom. The molecule has 4 aromatic rings. The Balaban J connectivity index is 1.50. The number of nitrogens with zero attached hydrogens (tertiary/aromatic N) is 2. The van der Waals surface area contributed by atoms with E-state index in [1.54, 1.807) is 6.07 Å². The first-order valence-electron chi connectivity index (χ1n) is 10.8. The summed E-state index contributed by atoms with van der Waals surface area (Å²) in [5.41, 5.74) is 4.09. The van der Waals surface area contributed by atoms with Crippen molar-refractivity contribution in [1.29, 1.82) is 0 Å². The SMILES string of the molecule is CCCn1c(CCc2ccccc2NC(=O)Cc2c(F)cccc2Cl)nc2ccccc21. The third-order valence-electron chi connectivity index (χ3n) is 5.49. The van der Waals surface area contributed by atoms with Crippen molar-refractivity contribution in [3.63, 3.8) is 0 Å². The number of amides is 1. The molecule has 0 bridgehead atoms. The van der Waals surface area contributed by atoms with Crippen molar-refractivity contribution in [2.75, 3.05) is 5.32 Å². The zero-order chi connectivity index (χ0) is 22.5. The van der Waals surface area contributed by atoms with Gasteiger partial charge in [0.25, 0.3) is 0 Å². The lowest BCUT2D eigenvalue weighted by Crippen LogP contribution is -2.17. The molecule has 0 aliphatic carbocycles. The van der Waals surface area contributed by atoms with Gasteiger partial charge >= 0.3 is 0 Å². The summed E-state index contributed by atoms with van der Waals surface area (Å²) in [6.07, 6.45) is 2.38. The Labute approximate surface area is 192 Å². The molecule has 6 heteroatoms. The number of para-hydroxylation sites is 3. The van der Waals surface area contributed by atoms with E-state index in [1.807, 2.05) is 42.5 Å². The van der Waals surface area contributed by atoms with Gasteiger partial charge in [-0.05, 0) is 48.7 Å². The largest absolute Gasteiger partial charge is 0.328 e. The molecule has 3 aromatic carbocycles. The summed E-state index contributed by atoms with van der Waals surface area (Å²) in [5, 5.41) is 3.18. The molecular weight excluding hydrogens is 425 g/mol. The number of aryl methyl sites for hydroxylation is 3. The van der Waals surface area contributed by atoms with Crippen molar-refractivity contribution in [2.45, 2.75) is 39.2 Å². The Morgan fingerprint density at radius 1 is 1.03 bits per heavy atom. The maximum atomic E-state index is 14.1. The number of benzene rings is 3. The van der Waals surface area contributed by atoms with E-state index < -0.39 is 5.82 Å². The number of halogens is 2. The molecule has 1 aromatic heterocycles. The average Bonchev–Trinajstić information content (AvgIpc) is 3.13. The van der Waals surface area contributed by atoms with Crippen LogP contribution in [0.1, 0.15) is 30.3 Å². The van der Waals surface area contributed by atoms with Gasteiger partial charge in [-0.25, -0.2) is 9.37 Å². The highest BCUT2D eigenvalue weighted by molar-refractivity contribution is 6.31. The van der Waals surface area contributed by atoms with Gasteiger partial charge in [-0.2, -0.15) is 0 Å². The van der Waals surface area contributed by atoms with Crippen LogP contribution in [0, 0.1) is 5.82 Å². The topological polar surface area (TPSA) is 46.9 Å². The third kappa shape index (κ3) is 4.83. The maximum Gasteiger partial charge on any atom is 0.228 e. The van der Waals surface area contributed by atoms with Gasteiger partial charge in [0.2, 0.25) is 5.91 Å². The molecule has 0 saturated heterocycles. The second-order valence-corrected chi connectivity index (χ2v) is 8.16. The summed E-state index contributed by atoms with van der Waals surface area (Å²) in [4.78, 5) is 17.4. The van der Waals surface area contributed by atoms with E-state index >= 15 is 0 Å². The lowest BCUT2D eigenvalue weighted by Gasteiger charge is -2.13. The van der Waals surface area contributed by atoms with Crippen molar-refractivity contribution in [3.05, 3.63) is 94.5 Å². The number of aromatic nitrogens is 2. The first kappa shape index (κ1) is 22.0. The lowest BCUT2D eigenvalue weighted by molar-refractivity contribution is -0.115. The molecule has 0 atom stereocenters. The molecule has 0 radical (unpaired) electrons. The molecule has 1 heterocycles. The van der Waals surface area contributed by atoms with Gasteiger partial charge in [0, 0.05) is 29.2 Å². The number of imidazole rings is 1. The highest BCUT2D eigenvalue weighted by atomic mass is 35.5. The molecule has 1 N–H and O–H groups in total. The number of fused-ring (bicyclic) bond motifs is 1. The predicted octanol–water partition coefficient (Wildman–Crippen LogP) is 6.21. The molecule has 1 amide bonds. The fourth-order valence-corrected chi connectivity index (χ4v) is 4.18. The van der Waals surface area contributed by atoms with E-state index in [1.165, 1.54) is 12.1 Å². The Kier molecular flexibility index (Phi) is 6.86. The molecule has 164 valence electrons. The van der Waals surface area contributed by atoms with Crippen LogP contribution in [-0.4, -0.2) is 15.5 Å². The van der Waals surface area contributed by atoms with Crippen LogP contribution in [-0.2, 0) is 30.6 Å². The summed E-state index contributed by atoms with van der Waals surface area (Å²) in [7, 11) is 0. The van der Waals surface area contributed by atoms with Gasteiger partial charge in [0.05, 0.1) is 17.5 Å². The summed E-state index contributed by atoms with van der Waals surface area (Å²) >= 11 is 6.07. The van der Waals surface area contributed by atoms with E-state index in [0.29, 0.717) is 0 Å². The number of carbonyl (C=O) groups is 1. The van der Waals surface area contributed by atoms with Gasteiger partial charge in [-0.1, -0.05) is 54.9 Å². The molecule has 0 spiro atoms. The fourth-order valence-electron chi connectivity index (χ4n) is 3.95. The number of hydrogen-bond donors (Lipinski definition) is 1. The van der Waals surface area contributed by atoms with E-state index in [0.717, 1.165) is 53.9 Å². The third-order valence-corrected chi connectivity index (χ3v) is 5.84. The molecular formula is C26H25ClFN3O. The van der Waals surface area contributed by atoms with Gasteiger partial charge in [-0.3, -0.25) is 4.79 Å². The van der Waals surface area contributed by atoms with E-state index in [4.69, 9.17) is 16.6 Å². The number of nitrogens with one attached hydrogen (secondary N) is 1. The number of rotatable bonds is 8. The Morgan fingerprint density at radius 3 is 2.62 bits per heavy atom. The first-order valence-corrected chi connectivity index (χ1v) is 11.2. The maximum absolute atomic E-state index is 14.1. The second kappa shape index (κ2) is 9.96. The van der Waals surface area contributed by atoms with Gasteiger partial charge in [-0.15, -0.1) is 0 Å². The lowest BCUT2D eigenvalue weighted by atomic mass is 10.1. The van der Waals surface area contributed by atoms with Gasteiger partial charge in [0.1, 0.15) is 11.6 Å². The molecule has 0 aliphatic rings. The Hall–Kier alpha value is -3.18. The molecule has 0 unspecified atom stereocenters. The second-order valence-electron chi connectivity index (χ2n) is 7.75. The summed E-state index contributed by atoms with van der Waals surface area (Å²) in [5.74, 6) is 0.255. The van der Waals surface area contributed by atoms with Crippen LogP contribution >= 0.6 is 11.6 Å². The van der Waals surface area contributed by atoms with Crippen molar-refractivity contribution in [3.8, 4) is 0 Å². The minimum Gasteiger partial charge on any atom is -0.328 e. The first-order chi connectivity index (χ1) is 15.6. The van der Waals surface area contributed by atoms with E-state index in [9.17, 15) is 9.18 Å². The van der Waals surface area contributed by atoms with Crippen LogP contribution in [0.15, 0.2) is 66.7 Å². The smallest absolute Gasteiger partial charge is 0.228 e. The summed E-state index contributed by atoms with van der Waals surface area (Å²) < 4.78 is 16.3. The van der Waals surface area contributed by atoms with E-state index in [2.05, 4.69) is 22.9 Å². The number of hydrogen-bond acceptors (Lipinski definition) is 2. The van der Waals surface area contributed by atoms with Crippen molar-refractivity contribution in [2.24, 2.45) is 0 Å². The standard InChI is InChI=1S/C26H25ClFN3O/c1-2-16-31-24-13-6-5-12-23(24)29-25(31)15-14-18-8-3-4-11-22(18)30-26(32)17-19-20(27)9-7-10-21(19)28/h3-13H,2,14-17H2,1H3,(H,30,32). The highest BCUT2D eigenvalue weighted by Crippen LogP contribution is 2.23. The number of carbonyl (C=O) groups excluding carboxylic acids is 1. The van der Waals surface area contributed by atoms with Crippen molar-refractivity contribution in [1.82, 2.24) is 9.55 Å². The van der Waals surface area contributed by atoms with Crippen LogP contribution in [0.4, 0.5) is 10.1 Å². The molecule has 4 rings (SSSR count).